The van der Waals surface area contributed by atoms with Crippen molar-refractivity contribution in [2.75, 3.05) is 0 Å². The van der Waals surface area contributed by atoms with Gasteiger partial charge in [-0.3, -0.25) is 0 Å². The lowest BCUT2D eigenvalue weighted by Crippen LogP contribution is -2.05. The monoisotopic (exact) mass is 310 g/mol. The van der Waals surface area contributed by atoms with Crippen molar-refractivity contribution < 1.29 is 27.8 Å². The number of rotatable bonds is 4. The summed E-state index contributed by atoms with van der Waals surface area (Å²) in [6.45, 7) is 1.90. The first-order valence-corrected chi connectivity index (χ1v) is 6.40. The number of alkyl halides is 3. The third-order valence-corrected chi connectivity index (χ3v) is 3.17. The molecule has 1 N–H and O–H groups in total. The topological polar surface area (TPSA) is 46.5 Å². The zero-order valence-corrected chi connectivity index (χ0v) is 11.6. The molecule has 0 aliphatic carbocycles. The highest BCUT2D eigenvalue weighted by atomic mass is 19.4. The third-order valence-electron chi connectivity index (χ3n) is 3.17. The highest BCUT2D eigenvalue weighted by Gasteiger charge is 2.29. The molecule has 2 aromatic carbocycles. The lowest BCUT2D eigenvalue weighted by Gasteiger charge is -2.11. The number of aromatic carboxylic acids is 1. The van der Waals surface area contributed by atoms with E-state index in [9.17, 15) is 18.0 Å². The maximum Gasteiger partial charge on any atom is 0.416 e. The Kier molecular flexibility index (Phi) is 4.40. The summed E-state index contributed by atoms with van der Waals surface area (Å²) >= 11 is 0. The average Bonchev–Trinajstić information content (AvgIpc) is 2.45. The number of carboxylic acid groups (broad SMARTS) is 1. The minimum absolute atomic E-state index is 0.150. The van der Waals surface area contributed by atoms with E-state index < -0.39 is 17.7 Å². The van der Waals surface area contributed by atoms with Crippen LogP contribution < -0.4 is 4.74 Å². The first-order valence-electron chi connectivity index (χ1n) is 6.40. The van der Waals surface area contributed by atoms with Gasteiger partial charge in [0, 0.05) is 0 Å². The van der Waals surface area contributed by atoms with Crippen LogP contribution in [0.4, 0.5) is 13.2 Å². The summed E-state index contributed by atoms with van der Waals surface area (Å²) in [4.78, 5) is 10.8. The summed E-state index contributed by atoms with van der Waals surface area (Å²) in [5.74, 6) is -0.701. The van der Waals surface area contributed by atoms with Crippen molar-refractivity contribution in [3.8, 4) is 5.75 Å². The molecule has 0 aliphatic heterocycles. The molecule has 0 fully saturated rings. The van der Waals surface area contributed by atoms with Gasteiger partial charge in [0.05, 0.1) is 11.1 Å². The predicted octanol–water partition coefficient (Wildman–Crippen LogP) is 4.29. The summed E-state index contributed by atoms with van der Waals surface area (Å²) in [5.41, 5.74) is 0.953. The third kappa shape index (κ3) is 3.78. The van der Waals surface area contributed by atoms with Crippen LogP contribution >= 0.6 is 0 Å². The molecule has 0 atom stereocenters. The summed E-state index contributed by atoms with van der Waals surface area (Å²) in [6.07, 6.45) is -4.37. The van der Waals surface area contributed by atoms with Gasteiger partial charge in [-0.2, -0.15) is 13.2 Å². The van der Waals surface area contributed by atoms with Gasteiger partial charge in [-0.15, -0.1) is 0 Å². The van der Waals surface area contributed by atoms with E-state index in [2.05, 4.69) is 0 Å². The second kappa shape index (κ2) is 6.09. The molecule has 0 heterocycles. The van der Waals surface area contributed by atoms with Crippen LogP contribution in [0.2, 0.25) is 0 Å². The number of benzene rings is 2. The van der Waals surface area contributed by atoms with E-state index in [0.717, 1.165) is 23.3 Å². The van der Waals surface area contributed by atoms with E-state index in [1.54, 1.807) is 13.0 Å². The molecule has 0 saturated heterocycles. The summed E-state index contributed by atoms with van der Waals surface area (Å²) < 4.78 is 42.7. The molecule has 0 radical (unpaired) electrons. The summed E-state index contributed by atoms with van der Waals surface area (Å²) in [5, 5.41) is 8.88. The van der Waals surface area contributed by atoms with Gasteiger partial charge in [0.1, 0.15) is 12.4 Å². The van der Waals surface area contributed by atoms with Gasteiger partial charge in [-0.25, -0.2) is 4.79 Å². The van der Waals surface area contributed by atoms with Crippen LogP contribution in [-0.4, -0.2) is 11.1 Å². The van der Waals surface area contributed by atoms with Crippen molar-refractivity contribution >= 4 is 5.97 Å². The maximum atomic E-state index is 12.4. The van der Waals surface area contributed by atoms with Crippen LogP contribution in [0.5, 0.6) is 5.75 Å². The van der Waals surface area contributed by atoms with Gasteiger partial charge in [-0.1, -0.05) is 6.07 Å². The van der Waals surface area contributed by atoms with Crippen molar-refractivity contribution in [1.82, 2.24) is 0 Å². The molecule has 3 nitrogen and oxygen atoms in total. The lowest BCUT2D eigenvalue weighted by atomic mass is 10.1. The number of hydrogen-bond acceptors (Lipinski definition) is 2. The second-order valence-corrected chi connectivity index (χ2v) is 4.76. The minimum Gasteiger partial charge on any atom is -0.489 e. The Morgan fingerprint density at radius 3 is 2.27 bits per heavy atom. The van der Waals surface area contributed by atoms with Gasteiger partial charge in [0.15, 0.2) is 0 Å². The molecule has 0 aliphatic rings. The Labute approximate surface area is 125 Å². The molecule has 2 aromatic rings. The van der Waals surface area contributed by atoms with Crippen molar-refractivity contribution in [3.05, 3.63) is 64.7 Å². The first-order chi connectivity index (χ1) is 10.3. The Hall–Kier alpha value is -2.50. The van der Waals surface area contributed by atoms with Crippen LogP contribution in [0, 0.1) is 6.92 Å². The van der Waals surface area contributed by atoms with Gasteiger partial charge in [-0.05, 0) is 54.4 Å². The second-order valence-electron chi connectivity index (χ2n) is 4.76. The number of halogens is 3. The molecule has 0 aromatic heterocycles. The summed E-state index contributed by atoms with van der Waals surface area (Å²) in [6, 6.07) is 9.02. The molecule has 116 valence electrons. The molecule has 0 spiro atoms. The van der Waals surface area contributed by atoms with Crippen molar-refractivity contribution in [2.45, 2.75) is 19.7 Å². The largest absolute Gasteiger partial charge is 0.489 e. The standard InChI is InChI=1S/C16H13F3O3/c1-10-8-11(15(20)21)2-3-12(10)9-22-14-6-4-13(5-7-14)16(17,18)19/h2-8H,9H2,1H3,(H,20,21). The van der Waals surface area contributed by atoms with Crippen molar-refractivity contribution in [3.63, 3.8) is 0 Å². The van der Waals surface area contributed by atoms with Crippen LogP contribution in [0.25, 0.3) is 0 Å². The van der Waals surface area contributed by atoms with Gasteiger partial charge >= 0.3 is 12.1 Å². The van der Waals surface area contributed by atoms with E-state index in [1.807, 2.05) is 0 Å². The van der Waals surface area contributed by atoms with Gasteiger partial charge in [0.25, 0.3) is 0 Å². The lowest BCUT2D eigenvalue weighted by molar-refractivity contribution is -0.137. The van der Waals surface area contributed by atoms with Crippen LogP contribution in [0.1, 0.15) is 27.0 Å². The van der Waals surface area contributed by atoms with E-state index >= 15 is 0 Å². The van der Waals surface area contributed by atoms with E-state index in [4.69, 9.17) is 9.84 Å². The molecular weight excluding hydrogens is 297 g/mol. The highest BCUT2D eigenvalue weighted by molar-refractivity contribution is 5.87. The number of aryl methyl sites for hydroxylation is 1. The van der Waals surface area contributed by atoms with E-state index in [1.165, 1.54) is 24.3 Å². The molecule has 6 heteroatoms. The molecule has 0 bridgehead atoms. The van der Waals surface area contributed by atoms with Crippen LogP contribution in [0.3, 0.4) is 0 Å². The Morgan fingerprint density at radius 2 is 1.77 bits per heavy atom. The molecule has 0 amide bonds. The Bertz CT molecular complexity index is 676. The molecular formula is C16H13F3O3. The smallest absolute Gasteiger partial charge is 0.416 e. The van der Waals surface area contributed by atoms with Crippen molar-refractivity contribution in [1.29, 1.82) is 0 Å². The van der Waals surface area contributed by atoms with Gasteiger partial charge in [0.2, 0.25) is 0 Å². The number of carbonyl (C=O) groups is 1. The fraction of sp³-hybridized carbons (Fsp3) is 0.188. The van der Waals surface area contributed by atoms with Crippen LogP contribution in [0.15, 0.2) is 42.5 Å². The Morgan fingerprint density at radius 1 is 1.14 bits per heavy atom. The molecule has 2 rings (SSSR count). The average molecular weight is 310 g/mol. The molecule has 22 heavy (non-hydrogen) atoms. The van der Waals surface area contributed by atoms with Crippen LogP contribution in [-0.2, 0) is 12.8 Å². The highest BCUT2D eigenvalue weighted by Crippen LogP contribution is 2.30. The minimum atomic E-state index is -4.37. The SMILES string of the molecule is Cc1cc(C(=O)O)ccc1COc1ccc(C(F)(F)F)cc1. The van der Waals surface area contributed by atoms with E-state index in [-0.39, 0.29) is 12.2 Å². The number of hydrogen-bond donors (Lipinski definition) is 1. The molecule has 0 saturated carbocycles. The fourth-order valence-electron chi connectivity index (χ4n) is 1.89. The predicted molar refractivity (Wildman–Crippen MR) is 73.9 cm³/mol. The quantitative estimate of drug-likeness (QED) is 0.916. The maximum absolute atomic E-state index is 12.4. The fourth-order valence-corrected chi connectivity index (χ4v) is 1.89. The zero-order valence-electron chi connectivity index (χ0n) is 11.6. The molecule has 0 unspecified atom stereocenters. The van der Waals surface area contributed by atoms with Gasteiger partial charge < -0.3 is 9.84 Å². The number of carboxylic acids is 1. The number of ether oxygens (including phenoxy) is 1. The summed E-state index contributed by atoms with van der Waals surface area (Å²) in [7, 11) is 0. The Balaban J connectivity index is 2.05. The van der Waals surface area contributed by atoms with E-state index in [0.29, 0.717) is 5.75 Å². The van der Waals surface area contributed by atoms with Crippen molar-refractivity contribution in [2.24, 2.45) is 0 Å². The first kappa shape index (κ1) is 15.9. The zero-order chi connectivity index (χ0) is 16.3. The normalized spacial score (nSPS) is 11.3.